The fourth-order valence-corrected chi connectivity index (χ4v) is 5.63. The summed E-state index contributed by atoms with van der Waals surface area (Å²) in [7, 11) is -3.46. The summed E-state index contributed by atoms with van der Waals surface area (Å²) in [6.07, 6.45) is 4.46. The maximum absolute atomic E-state index is 12.8. The predicted octanol–water partition coefficient (Wildman–Crippen LogP) is 3.02. The predicted molar refractivity (Wildman–Crippen MR) is 103 cm³/mol. The second-order valence-electron chi connectivity index (χ2n) is 7.94. The highest BCUT2D eigenvalue weighted by atomic mass is 32.2. The Kier molecular flexibility index (Phi) is 6.15. The third kappa shape index (κ3) is 4.53. The van der Waals surface area contributed by atoms with Crippen LogP contribution in [0.5, 0.6) is 0 Å². The van der Waals surface area contributed by atoms with Gasteiger partial charge in [-0.25, -0.2) is 8.42 Å². The first-order chi connectivity index (χ1) is 12.4. The lowest BCUT2D eigenvalue weighted by molar-refractivity contribution is 0.101. The van der Waals surface area contributed by atoms with Crippen LogP contribution in [0.25, 0.3) is 0 Å². The minimum absolute atomic E-state index is 0.0539. The SMILES string of the molecule is CC(=O)c1ccc(S(=O)(=O)N2CCC(CN3CCCC(C)C3)CC2)cc1. The molecule has 2 heterocycles. The van der Waals surface area contributed by atoms with E-state index in [1.165, 1.54) is 32.9 Å². The summed E-state index contributed by atoms with van der Waals surface area (Å²) in [5.74, 6) is 1.32. The van der Waals surface area contributed by atoms with Crippen LogP contribution in [0.15, 0.2) is 29.2 Å². The molecular formula is C20H30N2O3S. The van der Waals surface area contributed by atoms with Crippen LogP contribution in [0.3, 0.4) is 0 Å². The van der Waals surface area contributed by atoms with Crippen molar-refractivity contribution in [2.24, 2.45) is 11.8 Å². The molecular weight excluding hydrogens is 348 g/mol. The maximum Gasteiger partial charge on any atom is 0.243 e. The van der Waals surface area contributed by atoms with Gasteiger partial charge in [0.05, 0.1) is 4.90 Å². The van der Waals surface area contributed by atoms with Gasteiger partial charge in [-0.1, -0.05) is 19.1 Å². The summed E-state index contributed by atoms with van der Waals surface area (Å²) in [6, 6.07) is 6.29. The van der Waals surface area contributed by atoms with E-state index in [4.69, 9.17) is 0 Å². The monoisotopic (exact) mass is 378 g/mol. The number of hydrogen-bond donors (Lipinski definition) is 0. The number of nitrogens with zero attached hydrogens (tertiary/aromatic N) is 2. The van der Waals surface area contributed by atoms with Gasteiger partial charge >= 0.3 is 0 Å². The van der Waals surface area contributed by atoms with Gasteiger partial charge in [0.1, 0.15) is 0 Å². The van der Waals surface area contributed by atoms with E-state index in [-0.39, 0.29) is 10.7 Å². The summed E-state index contributed by atoms with van der Waals surface area (Å²) >= 11 is 0. The van der Waals surface area contributed by atoms with Gasteiger partial charge in [-0.05, 0) is 63.1 Å². The molecule has 0 saturated carbocycles. The second kappa shape index (κ2) is 8.19. The van der Waals surface area contributed by atoms with Gasteiger partial charge in [-0.3, -0.25) is 4.79 Å². The lowest BCUT2D eigenvalue weighted by Crippen LogP contribution is -2.43. The number of benzene rings is 1. The molecule has 3 rings (SSSR count). The molecule has 1 atom stereocenters. The van der Waals surface area contributed by atoms with Crippen molar-refractivity contribution >= 4 is 15.8 Å². The van der Waals surface area contributed by atoms with E-state index >= 15 is 0 Å². The van der Waals surface area contributed by atoms with Crippen LogP contribution in [0.1, 0.15) is 49.9 Å². The standard InChI is InChI=1S/C20H30N2O3S/c1-16-4-3-11-21(14-16)15-18-9-12-22(13-10-18)26(24,25)20-7-5-19(6-8-20)17(2)23/h5-8,16,18H,3-4,9-15H2,1-2H3. The zero-order valence-corrected chi connectivity index (χ0v) is 16.7. The number of likely N-dealkylation sites (tertiary alicyclic amines) is 1. The Morgan fingerprint density at radius 2 is 1.73 bits per heavy atom. The molecule has 0 amide bonds. The fraction of sp³-hybridized carbons (Fsp3) is 0.650. The highest BCUT2D eigenvalue weighted by Crippen LogP contribution is 2.26. The van der Waals surface area contributed by atoms with E-state index in [0.717, 1.165) is 25.3 Å². The molecule has 2 saturated heterocycles. The first kappa shape index (κ1) is 19.5. The summed E-state index contributed by atoms with van der Waals surface area (Å²) in [4.78, 5) is 14.2. The average Bonchev–Trinajstić information content (AvgIpc) is 2.62. The highest BCUT2D eigenvalue weighted by molar-refractivity contribution is 7.89. The number of hydrogen-bond acceptors (Lipinski definition) is 4. The van der Waals surface area contributed by atoms with Crippen LogP contribution >= 0.6 is 0 Å². The van der Waals surface area contributed by atoms with Crippen molar-refractivity contribution in [2.45, 2.75) is 44.4 Å². The Morgan fingerprint density at radius 1 is 1.08 bits per heavy atom. The quantitative estimate of drug-likeness (QED) is 0.739. The Hall–Kier alpha value is -1.24. The molecule has 0 aliphatic carbocycles. The maximum atomic E-state index is 12.8. The zero-order chi connectivity index (χ0) is 18.7. The Balaban J connectivity index is 1.57. The van der Waals surface area contributed by atoms with Crippen LogP contribution in [0, 0.1) is 11.8 Å². The molecule has 2 fully saturated rings. The van der Waals surface area contributed by atoms with Gasteiger partial charge in [0, 0.05) is 31.7 Å². The Morgan fingerprint density at radius 3 is 2.31 bits per heavy atom. The number of rotatable bonds is 5. The van der Waals surface area contributed by atoms with Crippen LogP contribution in [-0.2, 0) is 10.0 Å². The molecule has 2 aliphatic heterocycles. The molecule has 144 valence electrons. The molecule has 0 spiro atoms. The minimum Gasteiger partial charge on any atom is -0.303 e. The van der Waals surface area contributed by atoms with Crippen LogP contribution in [-0.4, -0.2) is 56.1 Å². The summed E-state index contributed by atoms with van der Waals surface area (Å²) in [6.45, 7) is 8.45. The van der Waals surface area contributed by atoms with Gasteiger partial charge in [0.2, 0.25) is 10.0 Å². The number of ketones is 1. The zero-order valence-electron chi connectivity index (χ0n) is 15.9. The largest absolute Gasteiger partial charge is 0.303 e. The lowest BCUT2D eigenvalue weighted by Gasteiger charge is -2.37. The molecule has 1 aromatic carbocycles. The number of sulfonamides is 1. The molecule has 0 bridgehead atoms. The first-order valence-corrected chi connectivity index (χ1v) is 11.1. The Bertz CT molecular complexity index is 722. The normalized spacial score (nSPS) is 23.8. The third-order valence-corrected chi connectivity index (χ3v) is 7.64. The summed E-state index contributed by atoms with van der Waals surface area (Å²) in [5, 5.41) is 0. The number of Topliss-reactive ketones (excluding diaryl/α,β-unsaturated/α-hetero) is 1. The van der Waals surface area contributed by atoms with E-state index in [1.807, 2.05) is 0 Å². The van der Waals surface area contributed by atoms with Crippen LogP contribution in [0.2, 0.25) is 0 Å². The topological polar surface area (TPSA) is 57.7 Å². The number of carbonyl (C=O) groups excluding carboxylic acids is 1. The van der Waals surface area contributed by atoms with E-state index in [9.17, 15) is 13.2 Å². The minimum atomic E-state index is -3.46. The fourth-order valence-electron chi connectivity index (χ4n) is 4.16. The van der Waals surface area contributed by atoms with Gasteiger partial charge in [-0.2, -0.15) is 4.31 Å². The van der Waals surface area contributed by atoms with Crippen molar-refractivity contribution in [2.75, 3.05) is 32.7 Å². The third-order valence-electron chi connectivity index (χ3n) is 5.73. The van der Waals surface area contributed by atoms with Gasteiger partial charge in [0.15, 0.2) is 5.78 Å². The van der Waals surface area contributed by atoms with Gasteiger partial charge in [0.25, 0.3) is 0 Å². The molecule has 0 N–H and O–H groups in total. The molecule has 5 nitrogen and oxygen atoms in total. The van der Waals surface area contributed by atoms with Crippen LogP contribution in [0.4, 0.5) is 0 Å². The smallest absolute Gasteiger partial charge is 0.243 e. The summed E-state index contributed by atoms with van der Waals surface area (Å²) in [5.41, 5.74) is 0.540. The number of piperidine rings is 2. The average molecular weight is 379 g/mol. The molecule has 0 aromatic heterocycles. The van der Waals surface area contributed by atoms with Gasteiger partial charge in [-0.15, -0.1) is 0 Å². The van der Waals surface area contributed by atoms with Crippen molar-refractivity contribution in [1.29, 1.82) is 0 Å². The van der Waals surface area contributed by atoms with Crippen molar-refractivity contribution in [3.8, 4) is 0 Å². The molecule has 1 unspecified atom stereocenters. The highest BCUT2D eigenvalue weighted by Gasteiger charge is 2.30. The Labute approximate surface area is 157 Å². The molecule has 2 aliphatic rings. The van der Waals surface area contributed by atoms with E-state index in [1.54, 1.807) is 28.6 Å². The van der Waals surface area contributed by atoms with Crippen molar-refractivity contribution in [1.82, 2.24) is 9.21 Å². The van der Waals surface area contributed by atoms with Crippen molar-refractivity contribution < 1.29 is 13.2 Å². The van der Waals surface area contributed by atoms with Crippen molar-refractivity contribution in [3.63, 3.8) is 0 Å². The second-order valence-corrected chi connectivity index (χ2v) is 9.87. The summed E-state index contributed by atoms with van der Waals surface area (Å²) < 4.78 is 27.3. The molecule has 6 heteroatoms. The molecule has 26 heavy (non-hydrogen) atoms. The van der Waals surface area contributed by atoms with E-state index in [2.05, 4.69) is 11.8 Å². The van der Waals surface area contributed by atoms with E-state index < -0.39 is 10.0 Å². The first-order valence-electron chi connectivity index (χ1n) is 9.70. The lowest BCUT2D eigenvalue weighted by atomic mass is 9.94. The van der Waals surface area contributed by atoms with Crippen molar-refractivity contribution in [3.05, 3.63) is 29.8 Å². The number of carbonyl (C=O) groups is 1. The van der Waals surface area contributed by atoms with E-state index in [0.29, 0.717) is 24.6 Å². The van der Waals surface area contributed by atoms with Gasteiger partial charge < -0.3 is 4.90 Å². The molecule has 1 aromatic rings. The molecule has 0 radical (unpaired) electrons. The van der Waals surface area contributed by atoms with Crippen LogP contribution < -0.4 is 0 Å².